The number of nitrogens with zero attached hydrogens (tertiary/aromatic N) is 2. The summed E-state index contributed by atoms with van der Waals surface area (Å²) in [6.07, 6.45) is 12.1. The second-order valence-electron chi connectivity index (χ2n) is 5.93. The Labute approximate surface area is 117 Å². The van der Waals surface area contributed by atoms with Gasteiger partial charge in [-0.2, -0.15) is 0 Å². The summed E-state index contributed by atoms with van der Waals surface area (Å²) >= 11 is 0. The SMILES string of the molecule is CCC1CCCC(C(Cc2nccn2CC)NC)C1. The van der Waals surface area contributed by atoms with Crippen LogP contribution in [-0.4, -0.2) is 22.6 Å². The maximum absolute atomic E-state index is 4.53. The summed E-state index contributed by atoms with van der Waals surface area (Å²) in [5, 5.41) is 3.55. The molecule has 1 fully saturated rings. The van der Waals surface area contributed by atoms with E-state index in [-0.39, 0.29) is 0 Å². The topological polar surface area (TPSA) is 29.9 Å². The van der Waals surface area contributed by atoms with E-state index >= 15 is 0 Å². The maximum Gasteiger partial charge on any atom is 0.110 e. The number of likely N-dealkylation sites (N-methyl/N-ethyl adjacent to an activating group) is 1. The first-order chi connectivity index (χ1) is 9.28. The van der Waals surface area contributed by atoms with Crippen LogP contribution in [0.15, 0.2) is 12.4 Å². The van der Waals surface area contributed by atoms with Crippen molar-refractivity contribution in [2.24, 2.45) is 11.8 Å². The van der Waals surface area contributed by atoms with Crippen molar-refractivity contribution in [1.29, 1.82) is 0 Å². The van der Waals surface area contributed by atoms with Gasteiger partial charge in [0.15, 0.2) is 0 Å². The van der Waals surface area contributed by atoms with E-state index in [2.05, 4.69) is 42.0 Å². The van der Waals surface area contributed by atoms with Crippen LogP contribution >= 0.6 is 0 Å². The van der Waals surface area contributed by atoms with Gasteiger partial charge in [-0.15, -0.1) is 0 Å². The Morgan fingerprint density at radius 1 is 1.42 bits per heavy atom. The minimum absolute atomic E-state index is 0.585. The highest BCUT2D eigenvalue weighted by molar-refractivity contribution is 4.97. The fraction of sp³-hybridized carbons (Fsp3) is 0.812. The van der Waals surface area contributed by atoms with Gasteiger partial charge in [0.05, 0.1) is 0 Å². The zero-order valence-electron chi connectivity index (χ0n) is 12.7. The van der Waals surface area contributed by atoms with Gasteiger partial charge in [0, 0.05) is 31.4 Å². The van der Waals surface area contributed by atoms with E-state index in [1.165, 1.54) is 37.9 Å². The lowest BCUT2D eigenvalue weighted by atomic mass is 9.76. The van der Waals surface area contributed by atoms with Crippen molar-refractivity contribution < 1.29 is 0 Å². The van der Waals surface area contributed by atoms with Gasteiger partial charge < -0.3 is 9.88 Å². The van der Waals surface area contributed by atoms with Crippen LogP contribution in [0.1, 0.15) is 51.8 Å². The number of nitrogens with one attached hydrogen (secondary N) is 1. The summed E-state index contributed by atoms with van der Waals surface area (Å²) in [5.74, 6) is 3.01. The van der Waals surface area contributed by atoms with E-state index < -0.39 is 0 Å². The van der Waals surface area contributed by atoms with Crippen molar-refractivity contribution in [3.8, 4) is 0 Å². The number of rotatable bonds is 6. The fourth-order valence-corrected chi connectivity index (χ4v) is 3.59. The van der Waals surface area contributed by atoms with Crippen LogP contribution in [0.3, 0.4) is 0 Å². The molecule has 0 amide bonds. The van der Waals surface area contributed by atoms with Crippen LogP contribution in [0, 0.1) is 11.8 Å². The van der Waals surface area contributed by atoms with Gasteiger partial charge >= 0.3 is 0 Å². The number of imidazole rings is 1. The van der Waals surface area contributed by atoms with Crippen molar-refractivity contribution in [2.75, 3.05) is 7.05 Å². The first-order valence-corrected chi connectivity index (χ1v) is 7.95. The molecule has 19 heavy (non-hydrogen) atoms. The summed E-state index contributed by atoms with van der Waals surface area (Å²) in [6, 6.07) is 0.585. The standard InChI is InChI=1S/C16H29N3/c1-4-13-7-6-8-14(11-13)15(17-3)12-16-18-9-10-19(16)5-2/h9-10,13-15,17H,4-8,11-12H2,1-3H3. The Morgan fingerprint density at radius 2 is 2.26 bits per heavy atom. The van der Waals surface area contributed by atoms with Crippen molar-refractivity contribution in [3.63, 3.8) is 0 Å². The molecule has 0 bridgehead atoms. The highest BCUT2D eigenvalue weighted by atomic mass is 15.1. The fourth-order valence-electron chi connectivity index (χ4n) is 3.59. The minimum Gasteiger partial charge on any atom is -0.335 e. The molecule has 0 aliphatic heterocycles. The zero-order valence-corrected chi connectivity index (χ0v) is 12.7. The highest BCUT2D eigenvalue weighted by Crippen LogP contribution is 2.33. The maximum atomic E-state index is 4.53. The molecule has 1 saturated carbocycles. The molecule has 1 N–H and O–H groups in total. The minimum atomic E-state index is 0.585. The Kier molecular flexibility index (Phi) is 5.44. The summed E-state index contributed by atoms with van der Waals surface area (Å²) in [5.41, 5.74) is 0. The summed E-state index contributed by atoms with van der Waals surface area (Å²) in [7, 11) is 2.11. The van der Waals surface area contributed by atoms with Gasteiger partial charge in [-0.25, -0.2) is 4.98 Å². The predicted molar refractivity (Wildman–Crippen MR) is 80.2 cm³/mol. The third kappa shape index (κ3) is 3.59. The molecular weight excluding hydrogens is 234 g/mol. The van der Waals surface area contributed by atoms with Crippen LogP contribution in [0.4, 0.5) is 0 Å². The van der Waals surface area contributed by atoms with E-state index in [0.717, 1.165) is 24.8 Å². The molecule has 3 nitrogen and oxygen atoms in total. The van der Waals surface area contributed by atoms with E-state index in [1.54, 1.807) is 0 Å². The first-order valence-electron chi connectivity index (χ1n) is 7.95. The molecular formula is C16H29N3. The molecule has 0 aromatic carbocycles. The Hall–Kier alpha value is -0.830. The Bertz CT molecular complexity index is 372. The summed E-state index contributed by atoms with van der Waals surface area (Å²) in [6.45, 7) is 5.55. The molecule has 3 unspecified atom stereocenters. The smallest absolute Gasteiger partial charge is 0.110 e. The molecule has 2 rings (SSSR count). The lowest BCUT2D eigenvalue weighted by molar-refractivity contribution is 0.210. The quantitative estimate of drug-likeness (QED) is 0.854. The van der Waals surface area contributed by atoms with E-state index in [0.29, 0.717) is 6.04 Å². The second-order valence-corrected chi connectivity index (χ2v) is 5.93. The van der Waals surface area contributed by atoms with Crippen LogP contribution in [0.25, 0.3) is 0 Å². The number of aromatic nitrogens is 2. The van der Waals surface area contributed by atoms with Gasteiger partial charge in [0.1, 0.15) is 5.82 Å². The third-order valence-electron chi connectivity index (χ3n) is 4.89. The molecule has 3 heteroatoms. The van der Waals surface area contributed by atoms with Crippen LogP contribution in [0.2, 0.25) is 0 Å². The van der Waals surface area contributed by atoms with Crippen molar-refractivity contribution in [1.82, 2.24) is 14.9 Å². The molecule has 3 atom stereocenters. The van der Waals surface area contributed by atoms with Gasteiger partial charge in [-0.1, -0.05) is 26.2 Å². The Balaban J connectivity index is 1.99. The highest BCUT2D eigenvalue weighted by Gasteiger charge is 2.27. The number of hydrogen-bond acceptors (Lipinski definition) is 2. The van der Waals surface area contributed by atoms with Gasteiger partial charge in [0.25, 0.3) is 0 Å². The van der Waals surface area contributed by atoms with E-state index in [9.17, 15) is 0 Å². The monoisotopic (exact) mass is 263 g/mol. The largest absolute Gasteiger partial charge is 0.335 e. The molecule has 0 spiro atoms. The molecule has 0 saturated heterocycles. The Morgan fingerprint density at radius 3 is 2.95 bits per heavy atom. The molecule has 108 valence electrons. The zero-order chi connectivity index (χ0) is 13.7. The summed E-state index contributed by atoms with van der Waals surface area (Å²) in [4.78, 5) is 4.53. The van der Waals surface area contributed by atoms with E-state index in [4.69, 9.17) is 0 Å². The van der Waals surface area contributed by atoms with Crippen molar-refractivity contribution in [2.45, 2.75) is 65.0 Å². The number of hydrogen-bond donors (Lipinski definition) is 1. The predicted octanol–water partition coefficient (Wildman–Crippen LogP) is 3.25. The van der Waals surface area contributed by atoms with Crippen molar-refractivity contribution >= 4 is 0 Å². The lowest BCUT2D eigenvalue weighted by Crippen LogP contribution is -2.38. The number of aryl methyl sites for hydroxylation is 1. The van der Waals surface area contributed by atoms with Crippen molar-refractivity contribution in [3.05, 3.63) is 18.2 Å². The van der Waals surface area contributed by atoms with Crippen LogP contribution in [-0.2, 0) is 13.0 Å². The second kappa shape index (κ2) is 7.09. The van der Waals surface area contributed by atoms with Gasteiger partial charge in [-0.3, -0.25) is 0 Å². The summed E-state index contributed by atoms with van der Waals surface area (Å²) < 4.78 is 2.27. The average Bonchev–Trinajstić information content (AvgIpc) is 2.92. The van der Waals surface area contributed by atoms with Gasteiger partial charge in [0.2, 0.25) is 0 Å². The van der Waals surface area contributed by atoms with Crippen LogP contribution < -0.4 is 5.32 Å². The molecule has 1 heterocycles. The first kappa shape index (κ1) is 14.6. The van der Waals surface area contributed by atoms with Crippen LogP contribution in [0.5, 0.6) is 0 Å². The normalized spacial score (nSPS) is 25.4. The average molecular weight is 263 g/mol. The van der Waals surface area contributed by atoms with E-state index in [1.807, 2.05) is 6.20 Å². The molecule has 1 aliphatic rings. The molecule has 1 aromatic heterocycles. The molecule has 1 aromatic rings. The molecule has 1 aliphatic carbocycles. The molecule has 0 radical (unpaired) electrons. The van der Waals surface area contributed by atoms with Gasteiger partial charge in [-0.05, 0) is 38.6 Å². The third-order valence-corrected chi connectivity index (χ3v) is 4.89. The lowest BCUT2D eigenvalue weighted by Gasteiger charge is -2.34.